The third kappa shape index (κ3) is 4.42. The molecule has 0 saturated heterocycles. The zero-order valence-corrected chi connectivity index (χ0v) is 15.5. The fraction of sp³-hybridized carbons (Fsp3) is 0.238. The Morgan fingerprint density at radius 2 is 2.04 bits per heavy atom. The van der Waals surface area contributed by atoms with Crippen LogP contribution in [-0.2, 0) is 11.2 Å². The van der Waals surface area contributed by atoms with Crippen LogP contribution < -0.4 is 15.4 Å². The van der Waals surface area contributed by atoms with Gasteiger partial charge in [-0.15, -0.1) is 0 Å². The summed E-state index contributed by atoms with van der Waals surface area (Å²) in [5, 5.41) is 15.2. The average molecular weight is 349 g/mol. The van der Waals surface area contributed by atoms with Gasteiger partial charge in [-0.3, -0.25) is 4.79 Å². The first-order chi connectivity index (χ1) is 12.5. The Morgan fingerprint density at radius 1 is 1.27 bits per heavy atom. The Morgan fingerprint density at radius 3 is 2.69 bits per heavy atom. The highest BCUT2D eigenvalue weighted by Gasteiger charge is 2.13. The summed E-state index contributed by atoms with van der Waals surface area (Å²) in [6.07, 6.45) is 2.19. The SMILES string of the molecule is CCc1cccc(C)c1NC(=O)/C(C#N)=C\Nc1cc(C)ccc1OC. The first-order valence-corrected chi connectivity index (χ1v) is 8.41. The molecule has 26 heavy (non-hydrogen) atoms. The number of ether oxygens (including phenoxy) is 1. The van der Waals surface area contributed by atoms with E-state index in [-0.39, 0.29) is 5.57 Å². The number of hydrogen-bond acceptors (Lipinski definition) is 4. The highest BCUT2D eigenvalue weighted by atomic mass is 16.5. The molecular formula is C21H23N3O2. The van der Waals surface area contributed by atoms with E-state index in [2.05, 4.69) is 10.6 Å². The lowest BCUT2D eigenvalue weighted by Crippen LogP contribution is -2.16. The van der Waals surface area contributed by atoms with Crippen molar-refractivity contribution in [1.29, 1.82) is 5.26 Å². The number of benzene rings is 2. The topological polar surface area (TPSA) is 74.2 Å². The van der Waals surface area contributed by atoms with Crippen molar-refractivity contribution in [3.05, 3.63) is 64.9 Å². The van der Waals surface area contributed by atoms with E-state index in [1.165, 1.54) is 6.20 Å². The molecule has 2 aromatic rings. The molecule has 2 rings (SSSR count). The number of anilines is 2. The lowest BCUT2D eigenvalue weighted by Gasteiger charge is -2.13. The second-order valence-electron chi connectivity index (χ2n) is 5.93. The molecule has 0 aromatic heterocycles. The van der Waals surface area contributed by atoms with Crippen molar-refractivity contribution in [2.75, 3.05) is 17.7 Å². The largest absolute Gasteiger partial charge is 0.495 e. The molecule has 2 aromatic carbocycles. The van der Waals surface area contributed by atoms with Crippen LogP contribution in [0.1, 0.15) is 23.6 Å². The van der Waals surface area contributed by atoms with Crippen LogP contribution in [0.15, 0.2) is 48.2 Å². The highest BCUT2D eigenvalue weighted by Crippen LogP contribution is 2.26. The van der Waals surface area contributed by atoms with Crippen molar-refractivity contribution in [3.63, 3.8) is 0 Å². The maximum absolute atomic E-state index is 12.5. The molecule has 0 atom stereocenters. The number of methoxy groups -OCH3 is 1. The van der Waals surface area contributed by atoms with E-state index in [1.807, 2.05) is 63.2 Å². The molecule has 0 aliphatic rings. The number of carbonyl (C=O) groups is 1. The van der Waals surface area contributed by atoms with Crippen molar-refractivity contribution >= 4 is 17.3 Å². The van der Waals surface area contributed by atoms with E-state index in [1.54, 1.807) is 7.11 Å². The quantitative estimate of drug-likeness (QED) is 0.601. The number of nitriles is 1. The second-order valence-corrected chi connectivity index (χ2v) is 5.93. The Kier molecular flexibility index (Phi) is 6.40. The highest BCUT2D eigenvalue weighted by molar-refractivity contribution is 6.07. The number of hydrogen-bond donors (Lipinski definition) is 2. The summed E-state index contributed by atoms with van der Waals surface area (Å²) < 4.78 is 5.29. The van der Waals surface area contributed by atoms with E-state index >= 15 is 0 Å². The lowest BCUT2D eigenvalue weighted by atomic mass is 10.1. The molecule has 0 aliphatic carbocycles. The van der Waals surface area contributed by atoms with E-state index in [4.69, 9.17) is 4.74 Å². The summed E-state index contributed by atoms with van der Waals surface area (Å²) in [4.78, 5) is 12.5. The van der Waals surface area contributed by atoms with E-state index in [9.17, 15) is 10.1 Å². The molecule has 0 unspecified atom stereocenters. The number of amides is 1. The minimum atomic E-state index is -0.449. The molecule has 0 saturated carbocycles. The predicted octanol–water partition coefficient (Wildman–Crippen LogP) is 4.33. The van der Waals surface area contributed by atoms with Gasteiger partial charge in [-0.1, -0.05) is 31.2 Å². The van der Waals surface area contributed by atoms with Gasteiger partial charge in [0.15, 0.2) is 0 Å². The van der Waals surface area contributed by atoms with Crippen LogP contribution in [-0.4, -0.2) is 13.0 Å². The molecule has 0 radical (unpaired) electrons. The van der Waals surface area contributed by atoms with Crippen LogP contribution in [0.4, 0.5) is 11.4 Å². The first-order valence-electron chi connectivity index (χ1n) is 8.41. The smallest absolute Gasteiger partial charge is 0.267 e. The van der Waals surface area contributed by atoms with Crippen LogP contribution in [0.2, 0.25) is 0 Å². The summed E-state index contributed by atoms with van der Waals surface area (Å²) in [5.41, 5.74) is 4.47. The molecule has 0 aliphatic heterocycles. The zero-order valence-electron chi connectivity index (χ0n) is 15.5. The molecule has 0 spiro atoms. The molecule has 1 amide bonds. The molecule has 0 heterocycles. The van der Waals surface area contributed by atoms with Gasteiger partial charge in [0.2, 0.25) is 0 Å². The van der Waals surface area contributed by atoms with Crippen molar-refractivity contribution in [1.82, 2.24) is 0 Å². The van der Waals surface area contributed by atoms with E-state index in [0.29, 0.717) is 11.4 Å². The molecular weight excluding hydrogens is 326 g/mol. The molecule has 5 nitrogen and oxygen atoms in total. The van der Waals surface area contributed by atoms with Crippen molar-refractivity contribution in [2.45, 2.75) is 27.2 Å². The van der Waals surface area contributed by atoms with Gasteiger partial charge in [-0.2, -0.15) is 5.26 Å². The summed E-state index contributed by atoms with van der Waals surface area (Å²) in [7, 11) is 1.57. The van der Waals surface area contributed by atoms with Gasteiger partial charge >= 0.3 is 0 Å². The van der Waals surface area contributed by atoms with E-state index in [0.717, 1.165) is 28.8 Å². The Balaban J connectivity index is 2.24. The van der Waals surface area contributed by atoms with Gasteiger partial charge in [0.05, 0.1) is 12.8 Å². The number of nitrogens with one attached hydrogen (secondary N) is 2. The summed E-state index contributed by atoms with van der Waals surface area (Å²) in [6, 6.07) is 13.4. The molecule has 0 bridgehead atoms. The predicted molar refractivity (Wildman–Crippen MR) is 104 cm³/mol. The standard InChI is InChI=1S/C21H23N3O2/c1-5-16-8-6-7-15(3)20(16)24-21(25)17(12-22)13-23-18-11-14(2)9-10-19(18)26-4/h6-11,13,23H,5H2,1-4H3,(H,24,25)/b17-13-. The van der Waals surface area contributed by atoms with Gasteiger partial charge in [0, 0.05) is 11.9 Å². The van der Waals surface area contributed by atoms with Gasteiger partial charge < -0.3 is 15.4 Å². The average Bonchev–Trinajstić information content (AvgIpc) is 2.64. The number of carbonyl (C=O) groups excluding carboxylic acids is 1. The number of nitrogens with zero attached hydrogens (tertiary/aromatic N) is 1. The first kappa shape index (κ1) is 19.1. The maximum Gasteiger partial charge on any atom is 0.267 e. The van der Waals surface area contributed by atoms with Crippen LogP contribution in [0.3, 0.4) is 0 Å². The number of rotatable bonds is 6. The van der Waals surface area contributed by atoms with Gasteiger partial charge in [-0.05, 0) is 49.1 Å². The molecule has 134 valence electrons. The third-order valence-corrected chi connectivity index (χ3v) is 4.07. The number of para-hydroxylation sites is 1. The monoisotopic (exact) mass is 349 g/mol. The minimum absolute atomic E-state index is 0.0149. The van der Waals surface area contributed by atoms with Crippen LogP contribution >= 0.6 is 0 Å². The second kappa shape index (κ2) is 8.72. The fourth-order valence-corrected chi connectivity index (χ4v) is 2.62. The van der Waals surface area contributed by atoms with E-state index < -0.39 is 5.91 Å². The molecule has 0 fully saturated rings. The number of aryl methyl sites for hydroxylation is 3. The Hall–Kier alpha value is -3.26. The lowest BCUT2D eigenvalue weighted by molar-refractivity contribution is -0.112. The van der Waals surface area contributed by atoms with Crippen molar-refractivity contribution in [3.8, 4) is 11.8 Å². The molecule has 2 N–H and O–H groups in total. The van der Waals surface area contributed by atoms with Gasteiger partial charge in [0.25, 0.3) is 5.91 Å². The third-order valence-electron chi connectivity index (χ3n) is 4.07. The van der Waals surface area contributed by atoms with Crippen LogP contribution in [0.25, 0.3) is 0 Å². The fourth-order valence-electron chi connectivity index (χ4n) is 2.62. The summed E-state index contributed by atoms with van der Waals surface area (Å²) in [5.74, 6) is 0.187. The Labute approximate surface area is 154 Å². The minimum Gasteiger partial charge on any atom is -0.495 e. The van der Waals surface area contributed by atoms with Gasteiger partial charge in [0.1, 0.15) is 17.4 Å². The summed E-state index contributed by atoms with van der Waals surface area (Å²) in [6.45, 7) is 5.91. The zero-order chi connectivity index (χ0) is 19.1. The Bertz CT molecular complexity index is 879. The van der Waals surface area contributed by atoms with Crippen molar-refractivity contribution in [2.24, 2.45) is 0 Å². The normalized spacial score (nSPS) is 10.8. The molecule has 5 heteroatoms. The van der Waals surface area contributed by atoms with Crippen molar-refractivity contribution < 1.29 is 9.53 Å². The maximum atomic E-state index is 12.5. The summed E-state index contributed by atoms with van der Waals surface area (Å²) >= 11 is 0. The van der Waals surface area contributed by atoms with Crippen LogP contribution in [0.5, 0.6) is 5.75 Å². The van der Waals surface area contributed by atoms with Gasteiger partial charge in [-0.25, -0.2) is 0 Å². The van der Waals surface area contributed by atoms with Crippen LogP contribution in [0, 0.1) is 25.2 Å².